The van der Waals surface area contributed by atoms with Crippen LogP contribution in [-0.2, 0) is 6.54 Å². The minimum absolute atomic E-state index is 0.428. The third-order valence-corrected chi connectivity index (χ3v) is 4.02. The van der Waals surface area contributed by atoms with Gasteiger partial charge in [-0.1, -0.05) is 28.9 Å². The van der Waals surface area contributed by atoms with Gasteiger partial charge in [0.05, 0.1) is 17.1 Å². The Morgan fingerprint density at radius 1 is 1.40 bits per heavy atom. The van der Waals surface area contributed by atoms with Crippen molar-refractivity contribution in [2.75, 3.05) is 13.1 Å². The molecule has 1 aliphatic heterocycles. The lowest BCUT2D eigenvalue weighted by molar-refractivity contribution is 0.240. The summed E-state index contributed by atoms with van der Waals surface area (Å²) in [6.07, 6.45) is 2.32. The summed E-state index contributed by atoms with van der Waals surface area (Å²) < 4.78 is 5.31. The average Bonchev–Trinajstić information content (AvgIpc) is 3.09. The Kier molecular flexibility index (Phi) is 4.00. The lowest BCUT2D eigenvalue weighted by atomic mass is 10.2. The summed E-state index contributed by atoms with van der Waals surface area (Å²) in [7, 11) is 0. The van der Waals surface area contributed by atoms with E-state index in [0.717, 1.165) is 18.5 Å². The van der Waals surface area contributed by atoms with Crippen molar-refractivity contribution >= 4 is 11.6 Å². The van der Waals surface area contributed by atoms with Crippen LogP contribution in [0.2, 0.25) is 5.02 Å². The van der Waals surface area contributed by atoms with E-state index in [1.165, 1.54) is 6.42 Å². The smallest absolute Gasteiger partial charge is 0.259 e. The maximum Gasteiger partial charge on any atom is 0.259 e. The summed E-state index contributed by atoms with van der Waals surface area (Å²) in [6.45, 7) is 2.39. The van der Waals surface area contributed by atoms with Crippen molar-refractivity contribution in [1.29, 1.82) is 0 Å². The lowest BCUT2D eigenvalue weighted by Gasteiger charge is -2.20. The fourth-order valence-electron chi connectivity index (χ4n) is 2.61. The quantitative estimate of drug-likeness (QED) is 0.936. The molecule has 20 heavy (non-hydrogen) atoms. The Labute approximate surface area is 122 Å². The van der Waals surface area contributed by atoms with Crippen molar-refractivity contribution in [3.8, 4) is 11.5 Å². The van der Waals surface area contributed by atoms with E-state index in [1.54, 1.807) is 0 Å². The van der Waals surface area contributed by atoms with E-state index >= 15 is 0 Å². The second kappa shape index (κ2) is 5.91. The highest BCUT2D eigenvalue weighted by molar-refractivity contribution is 6.33. The van der Waals surface area contributed by atoms with Gasteiger partial charge >= 0.3 is 0 Å². The summed E-state index contributed by atoms with van der Waals surface area (Å²) >= 11 is 6.13. The van der Waals surface area contributed by atoms with E-state index in [2.05, 4.69) is 15.0 Å². The largest absolute Gasteiger partial charge is 0.334 e. The Morgan fingerprint density at radius 2 is 2.25 bits per heavy atom. The van der Waals surface area contributed by atoms with E-state index in [9.17, 15) is 0 Å². The first kappa shape index (κ1) is 13.5. The molecule has 2 aromatic rings. The van der Waals surface area contributed by atoms with Gasteiger partial charge in [0, 0.05) is 12.6 Å². The first-order valence-corrected chi connectivity index (χ1v) is 7.17. The Morgan fingerprint density at radius 3 is 3.05 bits per heavy atom. The maximum atomic E-state index is 6.13. The zero-order valence-corrected chi connectivity index (χ0v) is 11.9. The molecule has 0 radical (unpaired) electrons. The predicted octanol–water partition coefficient (Wildman–Crippen LogP) is 2.31. The third kappa shape index (κ3) is 2.70. The van der Waals surface area contributed by atoms with Gasteiger partial charge in [-0.2, -0.15) is 4.98 Å². The van der Waals surface area contributed by atoms with Gasteiger partial charge in [0.25, 0.3) is 5.89 Å². The number of nitrogens with two attached hydrogens (primary N) is 1. The van der Waals surface area contributed by atoms with E-state index in [0.29, 0.717) is 35.9 Å². The number of aromatic nitrogens is 2. The first-order valence-electron chi connectivity index (χ1n) is 6.79. The highest BCUT2D eigenvalue weighted by atomic mass is 35.5. The van der Waals surface area contributed by atoms with Gasteiger partial charge in [0.2, 0.25) is 0 Å². The molecule has 106 valence electrons. The summed E-state index contributed by atoms with van der Waals surface area (Å²) in [6, 6.07) is 7.89. The minimum Gasteiger partial charge on any atom is -0.334 e. The molecule has 0 amide bonds. The molecule has 0 saturated carbocycles. The van der Waals surface area contributed by atoms with E-state index in [-0.39, 0.29) is 0 Å². The second-order valence-corrected chi connectivity index (χ2v) is 5.41. The fraction of sp³-hybridized carbons (Fsp3) is 0.429. The molecule has 1 fully saturated rings. The van der Waals surface area contributed by atoms with Gasteiger partial charge in [-0.15, -0.1) is 0 Å². The summed E-state index contributed by atoms with van der Waals surface area (Å²) in [5.41, 5.74) is 6.54. The van der Waals surface area contributed by atoms with Crippen molar-refractivity contribution in [3.05, 3.63) is 35.1 Å². The van der Waals surface area contributed by atoms with E-state index in [1.807, 2.05) is 24.3 Å². The van der Waals surface area contributed by atoms with Crippen LogP contribution < -0.4 is 5.73 Å². The van der Waals surface area contributed by atoms with Crippen LogP contribution in [0.25, 0.3) is 11.5 Å². The maximum absolute atomic E-state index is 6.13. The van der Waals surface area contributed by atoms with Gasteiger partial charge in [-0.3, -0.25) is 4.90 Å². The van der Waals surface area contributed by atoms with Crippen LogP contribution in [0.3, 0.4) is 0 Å². The first-order chi connectivity index (χ1) is 9.78. The average molecular weight is 293 g/mol. The monoisotopic (exact) mass is 292 g/mol. The SMILES string of the molecule is NCC1CCCN1Cc1noc(-c2ccccc2Cl)n1. The molecule has 1 atom stereocenters. The van der Waals surface area contributed by atoms with E-state index < -0.39 is 0 Å². The van der Waals surface area contributed by atoms with Crippen LogP contribution in [0, 0.1) is 0 Å². The number of hydrogen-bond donors (Lipinski definition) is 1. The molecule has 0 bridgehead atoms. The van der Waals surface area contributed by atoms with Gasteiger partial charge in [-0.25, -0.2) is 0 Å². The van der Waals surface area contributed by atoms with Crippen molar-refractivity contribution in [2.45, 2.75) is 25.4 Å². The summed E-state index contributed by atoms with van der Waals surface area (Å²) in [4.78, 5) is 6.74. The molecule has 0 spiro atoms. The highest BCUT2D eigenvalue weighted by Gasteiger charge is 2.24. The number of likely N-dealkylation sites (tertiary alicyclic amines) is 1. The van der Waals surface area contributed by atoms with Crippen LogP contribution in [0.15, 0.2) is 28.8 Å². The molecule has 3 rings (SSSR count). The normalized spacial score (nSPS) is 19.6. The van der Waals surface area contributed by atoms with Crippen molar-refractivity contribution in [1.82, 2.24) is 15.0 Å². The molecule has 2 heterocycles. The van der Waals surface area contributed by atoms with Gasteiger partial charge in [0.15, 0.2) is 5.82 Å². The zero-order valence-electron chi connectivity index (χ0n) is 11.1. The molecule has 1 aromatic heterocycles. The summed E-state index contributed by atoms with van der Waals surface area (Å²) in [5.74, 6) is 1.15. The van der Waals surface area contributed by atoms with Crippen LogP contribution in [-0.4, -0.2) is 34.2 Å². The zero-order chi connectivity index (χ0) is 13.9. The van der Waals surface area contributed by atoms with Crippen LogP contribution >= 0.6 is 11.6 Å². The topological polar surface area (TPSA) is 68.2 Å². The number of benzene rings is 1. The molecule has 1 aromatic carbocycles. The van der Waals surface area contributed by atoms with Gasteiger partial charge in [-0.05, 0) is 31.5 Å². The summed E-state index contributed by atoms with van der Waals surface area (Å²) in [5, 5.41) is 4.65. The van der Waals surface area contributed by atoms with Crippen LogP contribution in [0.5, 0.6) is 0 Å². The molecule has 6 heteroatoms. The predicted molar refractivity (Wildman–Crippen MR) is 77.2 cm³/mol. The Balaban J connectivity index is 1.76. The van der Waals surface area contributed by atoms with Crippen LogP contribution in [0.4, 0.5) is 0 Å². The lowest BCUT2D eigenvalue weighted by Crippen LogP contribution is -2.35. The molecule has 0 aliphatic carbocycles. The Bertz CT molecular complexity index is 586. The van der Waals surface area contributed by atoms with Crippen molar-refractivity contribution in [3.63, 3.8) is 0 Å². The molecular formula is C14H17ClN4O. The standard InChI is InChI=1S/C14H17ClN4O/c15-12-6-2-1-5-11(12)14-17-13(18-20-14)9-19-7-3-4-10(19)8-16/h1-2,5-6,10H,3-4,7-9,16H2. The second-order valence-electron chi connectivity index (χ2n) is 5.00. The van der Waals surface area contributed by atoms with Crippen molar-refractivity contribution in [2.24, 2.45) is 5.73 Å². The van der Waals surface area contributed by atoms with Crippen LogP contribution in [0.1, 0.15) is 18.7 Å². The molecule has 1 unspecified atom stereocenters. The molecule has 1 aliphatic rings. The molecular weight excluding hydrogens is 276 g/mol. The number of hydrogen-bond acceptors (Lipinski definition) is 5. The van der Waals surface area contributed by atoms with Gasteiger partial charge < -0.3 is 10.3 Å². The Hall–Kier alpha value is -1.43. The van der Waals surface area contributed by atoms with Gasteiger partial charge in [0.1, 0.15) is 0 Å². The molecule has 1 saturated heterocycles. The third-order valence-electron chi connectivity index (χ3n) is 3.69. The van der Waals surface area contributed by atoms with Crippen molar-refractivity contribution < 1.29 is 4.52 Å². The highest BCUT2D eigenvalue weighted by Crippen LogP contribution is 2.26. The molecule has 2 N–H and O–H groups in total. The van der Waals surface area contributed by atoms with E-state index in [4.69, 9.17) is 21.9 Å². The number of halogens is 1. The number of rotatable bonds is 4. The molecule has 5 nitrogen and oxygen atoms in total. The minimum atomic E-state index is 0.428. The number of nitrogens with zero attached hydrogens (tertiary/aromatic N) is 3. The fourth-order valence-corrected chi connectivity index (χ4v) is 2.83.